The fourth-order valence-electron chi connectivity index (χ4n) is 1.77. The molecule has 110 valence electrons. The van der Waals surface area contributed by atoms with Gasteiger partial charge in [0.25, 0.3) is 0 Å². The molecule has 2 rings (SSSR count). The first-order chi connectivity index (χ1) is 9.20. The highest BCUT2D eigenvalue weighted by Crippen LogP contribution is 2.09. The van der Waals surface area contributed by atoms with Crippen molar-refractivity contribution in [2.24, 2.45) is 5.73 Å². The number of aromatic nitrogens is 2. The number of nitrogens with two attached hydrogens (primary N) is 1. The van der Waals surface area contributed by atoms with Crippen molar-refractivity contribution in [1.29, 1.82) is 0 Å². The van der Waals surface area contributed by atoms with Crippen molar-refractivity contribution in [3.8, 4) is 0 Å². The fourth-order valence-corrected chi connectivity index (χ4v) is 2.26. The molecule has 1 aromatic heterocycles. The molecule has 1 aromatic carbocycles. The second-order valence-electron chi connectivity index (χ2n) is 4.31. The van der Waals surface area contributed by atoms with Gasteiger partial charge in [0.15, 0.2) is 0 Å². The molecule has 7 heteroatoms. The molecule has 0 saturated carbocycles. The molecule has 5 nitrogen and oxygen atoms in total. The molecule has 0 aliphatic rings. The van der Waals surface area contributed by atoms with Crippen LogP contribution in [0.25, 0.3) is 11.0 Å². The summed E-state index contributed by atoms with van der Waals surface area (Å²) >= 11 is 1.69. The number of carbonyl (C=O) groups excluding carboxylic acids is 1. The van der Waals surface area contributed by atoms with Crippen LogP contribution >= 0.6 is 24.2 Å². The van der Waals surface area contributed by atoms with E-state index in [1.54, 1.807) is 11.8 Å². The summed E-state index contributed by atoms with van der Waals surface area (Å²) in [5, 5.41) is 2.80. The zero-order valence-electron chi connectivity index (χ0n) is 11.3. The Hall–Kier alpha value is -1.24. The largest absolute Gasteiger partial charge is 0.348 e. The van der Waals surface area contributed by atoms with Crippen LogP contribution in [0, 0.1) is 0 Å². The van der Waals surface area contributed by atoms with Crippen LogP contribution in [0.15, 0.2) is 24.3 Å². The Morgan fingerprint density at radius 2 is 2.25 bits per heavy atom. The molecule has 1 atom stereocenters. The Kier molecular flexibility index (Phi) is 6.84. The van der Waals surface area contributed by atoms with Crippen molar-refractivity contribution >= 4 is 41.1 Å². The monoisotopic (exact) mass is 314 g/mol. The maximum absolute atomic E-state index is 11.8. The van der Waals surface area contributed by atoms with E-state index in [0.29, 0.717) is 13.0 Å². The fraction of sp³-hybridized carbons (Fsp3) is 0.385. The number of para-hydroxylation sites is 2. The van der Waals surface area contributed by atoms with E-state index in [1.165, 1.54) is 0 Å². The smallest absolute Gasteiger partial charge is 0.237 e. The Labute approximate surface area is 128 Å². The Bertz CT molecular complexity index is 527. The normalized spacial score (nSPS) is 11.9. The Morgan fingerprint density at radius 3 is 2.95 bits per heavy atom. The summed E-state index contributed by atoms with van der Waals surface area (Å²) in [6, 6.07) is 7.32. The van der Waals surface area contributed by atoms with Gasteiger partial charge in [-0.2, -0.15) is 11.8 Å². The minimum atomic E-state index is -0.447. The van der Waals surface area contributed by atoms with Crippen molar-refractivity contribution in [2.75, 3.05) is 12.0 Å². The van der Waals surface area contributed by atoms with Gasteiger partial charge in [0.2, 0.25) is 5.91 Å². The van der Waals surface area contributed by atoms with Crippen molar-refractivity contribution in [2.45, 2.75) is 19.0 Å². The SMILES string of the molecule is CSCC[C@H](N)C(=O)NCc1nc2ccccc2[nH]1.Cl. The third kappa shape index (κ3) is 4.40. The zero-order chi connectivity index (χ0) is 13.7. The van der Waals surface area contributed by atoms with E-state index in [1.807, 2.05) is 30.5 Å². The summed E-state index contributed by atoms with van der Waals surface area (Å²) in [4.78, 5) is 19.3. The highest BCUT2D eigenvalue weighted by Gasteiger charge is 2.13. The van der Waals surface area contributed by atoms with Gasteiger partial charge in [-0.3, -0.25) is 4.79 Å². The number of thioether (sulfide) groups is 1. The summed E-state index contributed by atoms with van der Waals surface area (Å²) < 4.78 is 0. The molecule has 1 heterocycles. The topological polar surface area (TPSA) is 83.8 Å². The van der Waals surface area contributed by atoms with Crippen LogP contribution in [-0.4, -0.2) is 33.9 Å². The number of carbonyl (C=O) groups is 1. The lowest BCUT2D eigenvalue weighted by atomic mass is 10.2. The number of hydrogen-bond acceptors (Lipinski definition) is 4. The summed E-state index contributed by atoms with van der Waals surface area (Å²) in [7, 11) is 0. The molecule has 0 aliphatic carbocycles. The van der Waals surface area contributed by atoms with Gasteiger partial charge in [-0.15, -0.1) is 12.4 Å². The van der Waals surface area contributed by atoms with Gasteiger partial charge in [0, 0.05) is 0 Å². The third-order valence-corrected chi connectivity index (χ3v) is 3.48. The molecule has 0 saturated heterocycles. The molecule has 0 radical (unpaired) electrons. The number of H-pyrrole nitrogens is 1. The number of nitrogens with zero attached hydrogens (tertiary/aromatic N) is 1. The highest BCUT2D eigenvalue weighted by atomic mass is 35.5. The number of amides is 1. The molecule has 20 heavy (non-hydrogen) atoms. The van der Waals surface area contributed by atoms with E-state index < -0.39 is 6.04 Å². The molecular weight excluding hydrogens is 296 g/mol. The van der Waals surface area contributed by atoms with Crippen LogP contribution in [0.2, 0.25) is 0 Å². The quantitative estimate of drug-likeness (QED) is 0.757. The van der Waals surface area contributed by atoms with E-state index in [-0.39, 0.29) is 18.3 Å². The molecule has 0 bridgehead atoms. The van der Waals surface area contributed by atoms with Gasteiger partial charge < -0.3 is 16.0 Å². The van der Waals surface area contributed by atoms with Crippen molar-refractivity contribution in [3.63, 3.8) is 0 Å². The molecule has 0 unspecified atom stereocenters. The molecular formula is C13H19ClN4OS. The van der Waals surface area contributed by atoms with Crippen LogP contribution in [0.4, 0.5) is 0 Å². The minimum absolute atomic E-state index is 0. The highest BCUT2D eigenvalue weighted by molar-refractivity contribution is 7.98. The van der Waals surface area contributed by atoms with E-state index in [0.717, 1.165) is 22.6 Å². The van der Waals surface area contributed by atoms with E-state index >= 15 is 0 Å². The number of halogens is 1. The standard InChI is InChI=1S/C13H18N4OS.ClH/c1-19-7-6-9(14)13(18)15-8-12-16-10-4-2-3-5-11(10)17-12;/h2-5,9H,6-8,14H2,1H3,(H,15,18)(H,16,17);1H/t9-;/m0./s1. The molecule has 4 N–H and O–H groups in total. The van der Waals surface area contributed by atoms with E-state index in [9.17, 15) is 4.79 Å². The van der Waals surface area contributed by atoms with Crippen LogP contribution < -0.4 is 11.1 Å². The van der Waals surface area contributed by atoms with Crippen molar-refractivity contribution in [3.05, 3.63) is 30.1 Å². The lowest BCUT2D eigenvalue weighted by Gasteiger charge is -2.10. The number of nitrogens with one attached hydrogen (secondary N) is 2. The number of imidazole rings is 1. The third-order valence-electron chi connectivity index (χ3n) is 2.84. The van der Waals surface area contributed by atoms with Crippen molar-refractivity contribution < 1.29 is 4.79 Å². The maximum Gasteiger partial charge on any atom is 0.237 e. The summed E-state index contributed by atoms with van der Waals surface area (Å²) in [6.45, 7) is 0.375. The minimum Gasteiger partial charge on any atom is -0.348 e. The molecule has 0 aliphatic heterocycles. The Balaban J connectivity index is 0.00000200. The predicted molar refractivity (Wildman–Crippen MR) is 86.2 cm³/mol. The van der Waals surface area contributed by atoms with Crippen LogP contribution in [0.3, 0.4) is 0 Å². The second kappa shape index (κ2) is 8.14. The number of benzene rings is 1. The summed E-state index contributed by atoms with van der Waals surface area (Å²) in [6.07, 6.45) is 2.69. The predicted octanol–water partition coefficient (Wildman–Crippen LogP) is 1.68. The molecule has 0 spiro atoms. The van der Waals surface area contributed by atoms with Crippen LogP contribution in [-0.2, 0) is 11.3 Å². The first-order valence-corrected chi connectivity index (χ1v) is 7.56. The number of hydrogen-bond donors (Lipinski definition) is 3. The summed E-state index contributed by atoms with van der Waals surface area (Å²) in [5.74, 6) is 1.50. The van der Waals surface area contributed by atoms with Gasteiger partial charge in [0.05, 0.1) is 23.6 Å². The van der Waals surface area contributed by atoms with Crippen molar-refractivity contribution in [1.82, 2.24) is 15.3 Å². The van der Waals surface area contributed by atoms with Gasteiger partial charge >= 0.3 is 0 Å². The first-order valence-electron chi connectivity index (χ1n) is 6.16. The zero-order valence-corrected chi connectivity index (χ0v) is 12.9. The Morgan fingerprint density at radius 1 is 1.50 bits per heavy atom. The van der Waals surface area contributed by atoms with Gasteiger partial charge in [-0.25, -0.2) is 4.98 Å². The average molecular weight is 315 g/mol. The number of aromatic amines is 1. The van der Waals surface area contributed by atoms with E-state index in [4.69, 9.17) is 5.73 Å². The molecule has 2 aromatic rings. The van der Waals surface area contributed by atoms with Crippen LogP contribution in [0.5, 0.6) is 0 Å². The van der Waals surface area contributed by atoms with Crippen LogP contribution in [0.1, 0.15) is 12.2 Å². The van der Waals surface area contributed by atoms with Gasteiger partial charge in [-0.05, 0) is 30.6 Å². The first kappa shape index (κ1) is 16.8. The van der Waals surface area contributed by atoms with Gasteiger partial charge in [-0.1, -0.05) is 12.1 Å². The number of fused-ring (bicyclic) bond motifs is 1. The lowest BCUT2D eigenvalue weighted by Crippen LogP contribution is -2.40. The molecule has 0 fully saturated rings. The lowest BCUT2D eigenvalue weighted by molar-refractivity contribution is -0.122. The van der Waals surface area contributed by atoms with E-state index in [2.05, 4.69) is 15.3 Å². The van der Waals surface area contributed by atoms with Gasteiger partial charge in [0.1, 0.15) is 5.82 Å². The average Bonchev–Trinajstić information content (AvgIpc) is 2.84. The summed E-state index contributed by atoms with van der Waals surface area (Å²) in [5.41, 5.74) is 7.66. The second-order valence-corrected chi connectivity index (χ2v) is 5.29. The maximum atomic E-state index is 11.8. The molecule has 1 amide bonds. The number of rotatable bonds is 6.